The zero-order valence-corrected chi connectivity index (χ0v) is 14.9. The molecule has 3 rings (SSSR count). The molecule has 0 radical (unpaired) electrons. The number of aliphatic hydroxyl groups is 1. The van der Waals surface area contributed by atoms with Gasteiger partial charge in [-0.05, 0) is 50.2 Å². The third-order valence-electron chi connectivity index (χ3n) is 5.33. The minimum absolute atomic E-state index is 0.0140. The predicted octanol–water partition coefficient (Wildman–Crippen LogP) is 4.64. The van der Waals surface area contributed by atoms with Gasteiger partial charge in [0, 0.05) is 11.5 Å². The number of halogens is 3. The van der Waals surface area contributed by atoms with Crippen LogP contribution in [0.2, 0.25) is 10.0 Å². The van der Waals surface area contributed by atoms with E-state index in [1.165, 1.54) is 12.1 Å². The molecular weight excluding hydrogens is 352 g/mol. The zero-order valence-electron chi connectivity index (χ0n) is 13.4. The average Bonchev–Trinajstić information content (AvgIpc) is 3.21. The molecule has 0 aliphatic heterocycles. The minimum atomic E-state index is -0.554. The van der Waals surface area contributed by atoms with Crippen LogP contribution in [0.3, 0.4) is 0 Å². The molecule has 1 amide bonds. The van der Waals surface area contributed by atoms with Crippen molar-refractivity contribution < 1.29 is 14.3 Å². The number of carbonyl (C=O) groups is 1. The van der Waals surface area contributed by atoms with E-state index in [1.807, 2.05) is 0 Å². The second kappa shape index (κ2) is 7.59. The molecule has 0 aromatic heterocycles. The van der Waals surface area contributed by atoms with E-state index in [4.69, 9.17) is 23.2 Å². The van der Waals surface area contributed by atoms with Crippen LogP contribution in [-0.4, -0.2) is 17.1 Å². The molecule has 0 heterocycles. The van der Waals surface area contributed by atoms with Crippen molar-refractivity contribution >= 4 is 29.1 Å². The van der Waals surface area contributed by atoms with Gasteiger partial charge in [0.1, 0.15) is 5.82 Å². The summed E-state index contributed by atoms with van der Waals surface area (Å²) in [5, 5.41) is 13.3. The Balaban J connectivity index is 1.90. The summed E-state index contributed by atoms with van der Waals surface area (Å²) < 4.78 is 14.5. The van der Waals surface area contributed by atoms with Crippen molar-refractivity contribution in [2.75, 3.05) is 0 Å². The van der Waals surface area contributed by atoms with E-state index in [0.717, 1.165) is 32.1 Å². The van der Waals surface area contributed by atoms with Gasteiger partial charge in [0.15, 0.2) is 0 Å². The summed E-state index contributed by atoms with van der Waals surface area (Å²) in [6.45, 7) is 0. The maximum absolute atomic E-state index is 14.5. The van der Waals surface area contributed by atoms with Crippen molar-refractivity contribution in [3.63, 3.8) is 0 Å². The number of benzene rings is 1. The molecule has 2 aliphatic rings. The Bertz CT molecular complexity index is 619. The van der Waals surface area contributed by atoms with Crippen LogP contribution in [0, 0.1) is 17.7 Å². The first-order chi connectivity index (χ1) is 11.5. The lowest BCUT2D eigenvalue weighted by molar-refractivity contribution is -0.126. The van der Waals surface area contributed by atoms with Crippen LogP contribution >= 0.6 is 23.2 Å². The number of hydrogen-bond donors (Lipinski definition) is 2. The van der Waals surface area contributed by atoms with Crippen molar-refractivity contribution in [1.82, 2.24) is 5.32 Å². The molecule has 1 aromatic carbocycles. The molecule has 2 saturated carbocycles. The standard InChI is InChI=1S/C18H22Cl2FNO2/c19-13-7-8-14(21)15(16(13)20)17(11-5-6-12(23)9-11)22-18(24)10-3-1-2-4-10/h7-8,10-12,17,23H,1-6,9H2,(H,22,24)/t11-,12+,17-/m0/s1. The fourth-order valence-corrected chi connectivity index (χ4v) is 4.44. The highest BCUT2D eigenvalue weighted by atomic mass is 35.5. The molecule has 1 aromatic rings. The zero-order chi connectivity index (χ0) is 17.3. The second-order valence-electron chi connectivity index (χ2n) is 6.95. The van der Waals surface area contributed by atoms with Gasteiger partial charge in [-0.15, -0.1) is 0 Å². The topological polar surface area (TPSA) is 49.3 Å². The van der Waals surface area contributed by atoms with Gasteiger partial charge in [-0.25, -0.2) is 4.39 Å². The number of amides is 1. The molecule has 2 fully saturated rings. The predicted molar refractivity (Wildman–Crippen MR) is 92.6 cm³/mol. The quantitative estimate of drug-likeness (QED) is 0.755. The van der Waals surface area contributed by atoms with Crippen LogP contribution in [-0.2, 0) is 4.79 Å². The Morgan fingerprint density at radius 3 is 2.54 bits per heavy atom. The second-order valence-corrected chi connectivity index (χ2v) is 7.74. The smallest absolute Gasteiger partial charge is 0.223 e. The largest absolute Gasteiger partial charge is 0.393 e. The fourth-order valence-electron chi connectivity index (χ4n) is 4.01. The molecule has 3 nitrogen and oxygen atoms in total. The number of nitrogens with one attached hydrogen (secondary N) is 1. The SMILES string of the molecule is O=C(N[C@H](c1c(F)ccc(Cl)c1Cl)[C@H]1CC[C@@H](O)C1)C1CCCC1. The number of aliphatic hydroxyl groups excluding tert-OH is 1. The normalized spacial score (nSPS) is 25.8. The van der Waals surface area contributed by atoms with Crippen LogP contribution in [0.4, 0.5) is 4.39 Å². The Labute approximate surface area is 151 Å². The van der Waals surface area contributed by atoms with E-state index in [0.29, 0.717) is 12.8 Å². The van der Waals surface area contributed by atoms with E-state index in [1.54, 1.807) is 0 Å². The van der Waals surface area contributed by atoms with Gasteiger partial charge in [0.2, 0.25) is 5.91 Å². The third kappa shape index (κ3) is 3.71. The maximum Gasteiger partial charge on any atom is 0.223 e. The van der Waals surface area contributed by atoms with Gasteiger partial charge in [-0.2, -0.15) is 0 Å². The highest BCUT2D eigenvalue weighted by molar-refractivity contribution is 6.42. The summed E-state index contributed by atoms with van der Waals surface area (Å²) in [6.07, 6.45) is 5.34. The fraction of sp³-hybridized carbons (Fsp3) is 0.611. The van der Waals surface area contributed by atoms with Crippen molar-refractivity contribution in [2.45, 2.75) is 57.1 Å². The number of hydrogen-bond acceptors (Lipinski definition) is 2. The molecule has 132 valence electrons. The van der Waals surface area contributed by atoms with Crippen LogP contribution < -0.4 is 5.32 Å². The van der Waals surface area contributed by atoms with Crippen LogP contribution in [0.15, 0.2) is 12.1 Å². The van der Waals surface area contributed by atoms with E-state index in [9.17, 15) is 14.3 Å². The molecule has 6 heteroatoms. The molecule has 0 spiro atoms. The van der Waals surface area contributed by atoms with Crippen molar-refractivity contribution in [3.8, 4) is 0 Å². The molecule has 3 atom stereocenters. The summed E-state index contributed by atoms with van der Waals surface area (Å²) in [4.78, 5) is 12.6. The molecule has 0 unspecified atom stereocenters. The number of carbonyl (C=O) groups excluding carboxylic acids is 1. The van der Waals surface area contributed by atoms with Crippen LogP contribution in [0.1, 0.15) is 56.6 Å². The highest BCUT2D eigenvalue weighted by Gasteiger charge is 2.36. The highest BCUT2D eigenvalue weighted by Crippen LogP contribution is 2.42. The number of rotatable bonds is 4. The lowest BCUT2D eigenvalue weighted by Gasteiger charge is -2.28. The molecule has 24 heavy (non-hydrogen) atoms. The first-order valence-electron chi connectivity index (χ1n) is 8.59. The van der Waals surface area contributed by atoms with E-state index >= 15 is 0 Å². The minimum Gasteiger partial charge on any atom is -0.393 e. The van der Waals surface area contributed by atoms with Gasteiger partial charge in [0.25, 0.3) is 0 Å². The maximum atomic E-state index is 14.5. The first-order valence-corrected chi connectivity index (χ1v) is 9.34. The third-order valence-corrected chi connectivity index (χ3v) is 6.15. The summed E-state index contributed by atoms with van der Waals surface area (Å²) in [7, 11) is 0. The molecule has 2 aliphatic carbocycles. The van der Waals surface area contributed by atoms with Crippen molar-refractivity contribution in [1.29, 1.82) is 0 Å². The average molecular weight is 374 g/mol. The van der Waals surface area contributed by atoms with E-state index < -0.39 is 18.0 Å². The summed E-state index contributed by atoms with van der Waals surface area (Å²) in [5.74, 6) is -0.576. The Kier molecular flexibility index (Phi) is 5.68. The lowest BCUT2D eigenvalue weighted by Crippen LogP contribution is -2.37. The Morgan fingerprint density at radius 1 is 1.21 bits per heavy atom. The van der Waals surface area contributed by atoms with Gasteiger partial charge < -0.3 is 10.4 Å². The monoisotopic (exact) mass is 373 g/mol. The molecule has 0 saturated heterocycles. The first kappa shape index (κ1) is 18.0. The van der Waals surface area contributed by atoms with E-state index in [2.05, 4.69) is 5.32 Å². The van der Waals surface area contributed by atoms with Gasteiger partial charge in [0.05, 0.1) is 22.2 Å². The Morgan fingerprint density at radius 2 is 1.92 bits per heavy atom. The van der Waals surface area contributed by atoms with Gasteiger partial charge >= 0.3 is 0 Å². The Hall–Kier alpha value is -0.840. The van der Waals surface area contributed by atoms with Gasteiger partial charge in [-0.1, -0.05) is 36.0 Å². The molecular formula is C18H22Cl2FNO2. The molecule has 0 bridgehead atoms. The van der Waals surface area contributed by atoms with Crippen molar-refractivity contribution in [3.05, 3.63) is 33.6 Å². The summed E-state index contributed by atoms with van der Waals surface area (Å²) in [5.41, 5.74) is 0.245. The van der Waals surface area contributed by atoms with E-state index in [-0.39, 0.29) is 33.4 Å². The van der Waals surface area contributed by atoms with Crippen LogP contribution in [0.5, 0.6) is 0 Å². The van der Waals surface area contributed by atoms with Gasteiger partial charge in [-0.3, -0.25) is 4.79 Å². The molecule has 2 N–H and O–H groups in total. The van der Waals surface area contributed by atoms with Crippen molar-refractivity contribution in [2.24, 2.45) is 11.8 Å². The summed E-state index contributed by atoms with van der Waals surface area (Å²) >= 11 is 12.3. The summed E-state index contributed by atoms with van der Waals surface area (Å²) in [6, 6.07) is 2.15. The van der Waals surface area contributed by atoms with Crippen LogP contribution in [0.25, 0.3) is 0 Å². The lowest BCUT2D eigenvalue weighted by atomic mass is 9.90.